The first-order valence-corrected chi connectivity index (χ1v) is 5.32. The average Bonchev–Trinajstić information content (AvgIpc) is 2.69. The fourth-order valence-electron chi connectivity index (χ4n) is 1.03. The molecule has 2 aromatic heterocycles. The highest BCUT2D eigenvalue weighted by molar-refractivity contribution is 9.10. The molecule has 0 aliphatic carbocycles. The van der Waals surface area contributed by atoms with Gasteiger partial charge in [0.2, 0.25) is 0 Å². The van der Waals surface area contributed by atoms with Crippen LogP contribution in [-0.2, 0) is 6.54 Å². The number of hydrogen-bond donors (Lipinski definition) is 2. The van der Waals surface area contributed by atoms with Gasteiger partial charge in [0.05, 0.1) is 11.6 Å². The molecule has 0 amide bonds. The van der Waals surface area contributed by atoms with Crippen LogP contribution in [0.2, 0.25) is 5.02 Å². The van der Waals surface area contributed by atoms with Crippen LogP contribution in [0.1, 0.15) is 5.82 Å². The number of halogens is 2. The minimum Gasteiger partial charge on any atom is -0.362 e. The largest absolute Gasteiger partial charge is 0.362 e. The average molecular weight is 289 g/mol. The Hall–Kier alpha value is -1.14. The Balaban J connectivity index is 2.05. The van der Waals surface area contributed by atoms with E-state index in [0.29, 0.717) is 17.4 Å². The fraction of sp³-hybridized carbons (Fsp3) is 0.125. The van der Waals surface area contributed by atoms with Crippen LogP contribution in [0.15, 0.2) is 23.1 Å². The highest BCUT2D eigenvalue weighted by atomic mass is 79.9. The van der Waals surface area contributed by atoms with Gasteiger partial charge in [0.25, 0.3) is 0 Å². The van der Waals surface area contributed by atoms with Crippen molar-refractivity contribution in [3.63, 3.8) is 0 Å². The third-order valence-electron chi connectivity index (χ3n) is 1.70. The lowest BCUT2D eigenvalue weighted by atomic mass is 10.4. The van der Waals surface area contributed by atoms with Gasteiger partial charge in [-0.25, -0.2) is 9.97 Å². The van der Waals surface area contributed by atoms with Crippen LogP contribution in [0.25, 0.3) is 0 Å². The minimum atomic E-state index is 0.508. The minimum absolute atomic E-state index is 0.508. The Bertz CT molecular complexity index is 444. The number of aromatic nitrogens is 4. The van der Waals surface area contributed by atoms with E-state index < -0.39 is 0 Å². The van der Waals surface area contributed by atoms with Crippen molar-refractivity contribution in [3.8, 4) is 0 Å². The lowest BCUT2D eigenvalue weighted by Gasteiger charge is -2.05. The van der Waals surface area contributed by atoms with Crippen molar-refractivity contribution in [2.24, 2.45) is 0 Å². The highest BCUT2D eigenvalue weighted by Crippen LogP contribution is 2.22. The molecule has 15 heavy (non-hydrogen) atoms. The number of pyridine rings is 1. The summed E-state index contributed by atoms with van der Waals surface area (Å²) >= 11 is 9.25. The summed E-state index contributed by atoms with van der Waals surface area (Å²) in [7, 11) is 0. The van der Waals surface area contributed by atoms with Crippen LogP contribution in [0.5, 0.6) is 0 Å². The van der Waals surface area contributed by atoms with Crippen LogP contribution in [0.3, 0.4) is 0 Å². The van der Waals surface area contributed by atoms with Crippen LogP contribution < -0.4 is 5.32 Å². The zero-order valence-electron chi connectivity index (χ0n) is 7.54. The van der Waals surface area contributed by atoms with E-state index in [1.807, 2.05) is 0 Å². The summed E-state index contributed by atoms with van der Waals surface area (Å²) in [4.78, 5) is 8.09. The van der Waals surface area contributed by atoms with Gasteiger partial charge in [-0.1, -0.05) is 11.6 Å². The van der Waals surface area contributed by atoms with Crippen molar-refractivity contribution in [2.75, 3.05) is 5.32 Å². The SMILES string of the molecule is Clc1cc(Br)cnc1NCc1ncn[nH]1. The number of rotatable bonds is 3. The predicted molar refractivity (Wildman–Crippen MR) is 60.7 cm³/mol. The summed E-state index contributed by atoms with van der Waals surface area (Å²) in [5.74, 6) is 1.35. The standard InChI is InChI=1S/C8H7BrClN5/c9-5-1-6(10)8(11-2-5)12-3-7-13-4-14-15-7/h1-2,4H,3H2,(H,11,12)(H,13,14,15). The molecular weight excluding hydrogens is 281 g/mol. The number of anilines is 1. The number of hydrogen-bond acceptors (Lipinski definition) is 4. The van der Waals surface area contributed by atoms with Crippen LogP contribution in [-0.4, -0.2) is 20.2 Å². The van der Waals surface area contributed by atoms with Gasteiger partial charge in [-0.3, -0.25) is 5.10 Å². The second-order valence-corrected chi connectivity index (χ2v) is 4.09. The summed E-state index contributed by atoms with van der Waals surface area (Å²) in [5.41, 5.74) is 0. The lowest BCUT2D eigenvalue weighted by Crippen LogP contribution is -2.03. The molecule has 2 N–H and O–H groups in total. The third kappa shape index (κ3) is 2.66. The number of H-pyrrole nitrogens is 1. The van der Waals surface area contributed by atoms with Crippen molar-refractivity contribution in [2.45, 2.75) is 6.54 Å². The van der Waals surface area contributed by atoms with E-state index >= 15 is 0 Å². The van der Waals surface area contributed by atoms with Gasteiger partial charge in [-0.15, -0.1) is 0 Å². The molecule has 0 aliphatic heterocycles. The van der Waals surface area contributed by atoms with Gasteiger partial charge < -0.3 is 5.32 Å². The molecule has 2 aromatic rings. The number of nitrogens with zero attached hydrogens (tertiary/aromatic N) is 3. The highest BCUT2D eigenvalue weighted by Gasteiger charge is 2.02. The predicted octanol–water partition coefficient (Wildman–Crippen LogP) is 2.23. The first-order chi connectivity index (χ1) is 7.25. The Morgan fingerprint density at radius 3 is 3.00 bits per heavy atom. The van der Waals surface area contributed by atoms with Crippen molar-refractivity contribution in [1.82, 2.24) is 20.2 Å². The number of aromatic amines is 1. The monoisotopic (exact) mass is 287 g/mol. The maximum Gasteiger partial charge on any atom is 0.145 e. The molecule has 0 saturated heterocycles. The summed E-state index contributed by atoms with van der Waals surface area (Å²) in [6.07, 6.45) is 3.13. The Labute approximate surface area is 99.4 Å². The maximum atomic E-state index is 5.97. The Kier molecular flexibility index (Phi) is 3.17. The molecule has 0 unspecified atom stereocenters. The Morgan fingerprint density at radius 2 is 2.33 bits per heavy atom. The molecule has 0 aromatic carbocycles. The van der Waals surface area contributed by atoms with Crippen molar-refractivity contribution < 1.29 is 0 Å². The second kappa shape index (κ2) is 4.59. The van der Waals surface area contributed by atoms with E-state index in [4.69, 9.17) is 11.6 Å². The van der Waals surface area contributed by atoms with Gasteiger partial charge >= 0.3 is 0 Å². The summed E-state index contributed by atoms with van der Waals surface area (Å²) < 4.78 is 0.845. The molecule has 0 atom stereocenters. The summed E-state index contributed by atoms with van der Waals surface area (Å²) in [6.45, 7) is 0.508. The zero-order chi connectivity index (χ0) is 10.7. The molecule has 0 fully saturated rings. The summed E-state index contributed by atoms with van der Waals surface area (Å²) in [5, 5.41) is 10.1. The van der Waals surface area contributed by atoms with E-state index in [1.165, 1.54) is 6.33 Å². The third-order valence-corrected chi connectivity index (χ3v) is 2.42. The van der Waals surface area contributed by atoms with Crippen molar-refractivity contribution in [1.29, 1.82) is 0 Å². The first-order valence-electron chi connectivity index (χ1n) is 4.15. The van der Waals surface area contributed by atoms with E-state index in [2.05, 4.69) is 41.4 Å². The Morgan fingerprint density at radius 1 is 1.47 bits per heavy atom. The van der Waals surface area contributed by atoms with Gasteiger partial charge in [-0.2, -0.15) is 5.10 Å². The van der Waals surface area contributed by atoms with E-state index in [-0.39, 0.29) is 0 Å². The molecule has 2 heterocycles. The molecule has 0 saturated carbocycles. The number of nitrogens with one attached hydrogen (secondary N) is 2. The van der Waals surface area contributed by atoms with E-state index in [0.717, 1.165) is 10.3 Å². The van der Waals surface area contributed by atoms with Gasteiger partial charge in [-0.05, 0) is 22.0 Å². The lowest BCUT2D eigenvalue weighted by molar-refractivity contribution is 0.947. The molecule has 7 heteroatoms. The van der Waals surface area contributed by atoms with Gasteiger partial charge in [0.15, 0.2) is 0 Å². The van der Waals surface area contributed by atoms with Crippen LogP contribution >= 0.6 is 27.5 Å². The molecule has 2 rings (SSSR count). The zero-order valence-corrected chi connectivity index (χ0v) is 9.88. The van der Waals surface area contributed by atoms with Gasteiger partial charge in [0.1, 0.15) is 18.0 Å². The van der Waals surface area contributed by atoms with Gasteiger partial charge in [0, 0.05) is 10.7 Å². The van der Waals surface area contributed by atoms with E-state index in [1.54, 1.807) is 12.3 Å². The quantitative estimate of drug-likeness (QED) is 0.909. The van der Waals surface area contributed by atoms with Crippen molar-refractivity contribution in [3.05, 3.63) is 33.9 Å². The van der Waals surface area contributed by atoms with Crippen molar-refractivity contribution >= 4 is 33.3 Å². The molecular formula is C8H7BrClN5. The second-order valence-electron chi connectivity index (χ2n) is 2.77. The maximum absolute atomic E-state index is 5.97. The molecule has 5 nitrogen and oxygen atoms in total. The molecule has 0 bridgehead atoms. The van der Waals surface area contributed by atoms with Crippen LogP contribution in [0, 0.1) is 0 Å². The topological polar surface area (TPSA) is 66.5 Å². The summed E-state index contributed by atoms with van der Waals surface area (Å²) in [6, 6.07) is 1.78. The fourth-order valence-corrected chi connectivity index (χ4v) is 1.72. The smallest absolute Gasteiger partial charge is 0.145 e. The molecule has 0 radical (unpaired) electrons. The first kappa shape index (κ1) is 10.4. The normalized spacial score (nSPS) is 10.3. The molecule has 0 spiro atoms. The van der Waals surface area contributed by atoms with E-state index in [9.17, 15) is 0 Å². The molecule has 78 valence electrons. The van der Waals surface area contributed by atoms with Crippen LogP contribution in [0.4, 0.5) is 5.82 Å². The molecule has 0 aliphatic rings.